The third-order valence-corrected chi connectivity index (χ3v) is 6.57. The van der Waals surface area contributed by atoms with Crippen molar-refractivity contribution >= 4 is 10.9 Å². The van der Waals surface area contributed by atoms with Crippen LogP contribution in [0.3, 0.4) is 0 Å². The maximum absolute atomic E-state index is 14.6. The average Bonchev–Trinajstić information content (AvgIpc) is 3.39. The van der Waals surface area contributed by atoms with Crippen molar-refractivity contribution in [3.05, 3.63) is 88.2 Å². The van der Waals surface area contributed by atoms with Crippen LogP contribution in [-0.4, -0.2) is 40.7 Å². The Morgan fingerprint density at radius 1 is 0.917 bits per heavy atom. The lowest BCUT2D eigenvalue weighted by Crippen LogP contribution is -2.23. The Kier molecular flexibility index (Phi) is 6.78. The Labute approximate surface area is 206 Å². The zero-order valence-electron chi connectivity index (χ0n) is 19.9. The lowest BCUT2D eigenvalue weighted by molar-refractivity contribution is 0.263. The van der Waals surface area contributed by atoms with Crippen molar-refractivity contribution in [1.29, 1.82) is 0 Å². The molecule has 186 valence electrons. The molecule has 5 rings (SSSR count). The minimum absolute atomic E-state index is 0.121. The van der Waals surface area contributed by atoms with Gasteiger partial charge in [0.15, 0.2) is 17.5 Å². The average molecular weight is 494 g/mol. The van der Waals surface area contributed by atoms with Crippen LogP contribution in [0.2, 0.25) is 0 Å². The largest absolute Gasteiger partial charge is 0.494 e. The summed E-state index contributed by atoms with van der Waals surface area (Å²) in [7, 11) is 0. The first-order chi connectivity index (χ1) is 17.4. The summed E-state index contributed by atoms with van der Waals surface area (Å²) in [6.45, 7) is 5.65. The van der Waals surface area contributed by atoms with E-state index in [2.05, 4.69) is 9.88 Å². The molecule has 36 heavy (non-hydrogen) atoms. The van der Waals surface area contributed by atoms with E-state index in [1.54, 1.807) is 43.3 Å². The number of benzene rings is 3. The predicted octanol–water partition coefficient (Wildman–Crippen LogP) is 5.64. The maximum Gasteiger partial charge on any atom is 0.266 e. The molecular formula is C28H26F3N3O2. The van der Waals surface area contributed by atoms with Gasteiger partial charge in [-0.25, -0.2) is 18.2 Å². The van der Waals surface area contributed by atoms with Gasteiger partial charge in [-0.15, -0.1) is 0 Å². The Hall–Kier alpha value is -3.65. The first-order valence-electron chi connectivity index (χ1n) is 12.1. The molecule has 0 aliphatic carbocycles. The van der Waals surface area contributed by atoms with E-state index < -0.39 is 23.0 Å². The first-order valence-corrected chi connectivity index (χ1v) is 12.1. The van der Waals surface area contributed by atoms with Gasteiger partial charge in [-0.3, -0.25) is 9.36 Å². The van der Waals surface area contributed by atoms with E-state index >= 15 is 0 Å². The minimum atomic E-state index is -1.58. The van der Waals surface area contributed by atoms with Crippen molar-refractivity contribution in [3.8, 4) is 22.6 Å². The van der Waals surface area contributed by atoms with Crippen molar-refractivity contribution in [1.82, 2.24) is 14.5 Å². The van der Waals surface area contributed by atoms with Crippen molar-refractivity contribution < 1.29 is 17.9 Å². The molecule has 4 aromatic rings. The third kappa shape index (κ3) is 4.60. The molecule has 0 atom stereocenters. The minimum Gasteiger partial charge on any atom is -0.494 e. The van der Waals surface area contributed by atoms with Gasteiger partial charge in [-0.05, 0) is 87.3 Å². The van der Waals surface area contributed by atoms with E-state index in [1.807, 2.05) is 0 Å². The molecule has 1 aliphatic heterocycles. The number of hydrogen-bond donors (Lipinski definition) is 0. The van der Waals surface area contributed by atoms with Crippen LogP contribution in [0.15, 0.2) is 59.4 Å². The molecule has 0 bridgehead atoms. The van der Waals surface area contributed by atoms with Gasteiger partial charge in [0.05, 0.1) is 23.2 Å². The number of ether oxygens (including phenoxy) is 1. The molecule has 1 saturated heterocycles. The summed E-state index contributed by atoms with van der Waals surface area (Å²) in [5.41, 5.74) is 0.418. The van der Waals surface area contributed by atoms with Gasteiger partial charge in [-0.2, -0.15) is 0 Å². The van der Waals surface area contributed by atoms with Crippen LogP contribution in [-0.2, 0) is 0 Å². The van der Waals surface area contributed by atoms with Crippen LogP contribution in [0.25, 0.3) is 27.7 Å². The summed E-state index contributed by atoms with van der Waals surface area (Å²) < 4.78 is 49.3. The number of aryl methyl sites for hydroxylation is 1. The summed E-state index contributed by atoms with van der Waals surface area (Å²) >= 11 is 0. The predicted molar refractivity (Wildman–Crippen MR) is 133 cm³/mol. The molecule has 0 saturated carbocycles. The number of halogens is 3. The Bertz CT molecular complexity index is 1460. The monoisotopic (exact) mass is 493 g/mol. The van der Waals surface area contributed by atoms with Gasteiger partial charge in [0.2, 0.25) is 0 Å². The molecule has 2 heterocycles. The summed E-state index contributed by atoms with van der Waals surface area (Å²) in [6, 6.07) is 13.8. The van der Waals surface area contributed by atoms with E-state index in [4.69, 9.17) is 4.74 Å². The Morgan fingerprint density at radius 2 is 1.67 bits per heavy atom. The Balaban J connectivity index is 1.45. The number of aromatic nitrogens is 2. The standard InChI is InChI=1S/C28H26F3N3O2/c1-18-32-24-7-4-6-21(22-12-13-23(29)27(31)26(22)30)25(24)28(35)34(18)19-8-10-20(11-9-19)36-17-5-16-33-14-2-3-15-33/h4,6-13H,2-3,5,14-17H2,1H3. The van der Waals surface area contributed by atoms with E-state index in [0.717, 1.165) is 38.2 Å². The summed E-state index contributed by atoms with van der Waals surface area (Å²) in [5, 5.41) is 0.121. The molecule has 0 N–H and O–H groups in total. The number of fused-ring (bicyclic) bond motifs is 1. The van der Waals surface area contributed by atoms with Crippen LogP contribution in [0, 0.1) is 24.4 Å². The van der Waals surface area contributed by atoms with E-state index in [-0.39, 0.29) is 16.5 Å². The zero-order valence-corrected chi connectivity index (χ0v) is 19.9. The van der Waals surface area contributed by atoms with Crippen molar-refractivity contribution in [3.63, 3.8) is 0 Å². The summed E-state index contributed by atoms with van der Waals surface area (Å²) in [4.78, 5) is 20.6. The molecular weight excluding hydrogens is 467 g/mol. The highest BCUT2D eigenvalue weighted by molar-refractivity contribution is 5.94. The van der Waals surface area contributed by atoms with Crippen LogP contribution >= 0.6 is 0 Å². The highest BCUT2D eigenvalue weighted by Crippen LogP contribution is 2.30. The summed E-state index contributed by atoms with van der Waals surface area (Å²) in [6.07, 6.45) is 3.47. The highest BCUT2D eigenvalue weighted by Gasteiger charge is 2.20. The fraction of sp³-hybridized carbons (Fsp3) is 0.286. The molecule has 1 aromatic heterocycles. The lowest BCUT2D eigenvalue weighted by Gasteiger charge is -2.15. The molecule has 1 fully saturated rings. The molecule has 0 unspecified atom stereocenters. The number of hydrogen-bond acceptors (Lipinski definition) is 4. The van der Waals surface area contributed by atoms with Crippen molar-refractivity contribution in [2.75, 3.05) is 26.2 Å². The zero-order chi connectivity index (χ0) is 25.2. The van der Waals surface area contributed by atoms with Crippen LogP contribution in [0.4, 0.5) is 13.2 Å². The molecule has 3 aromatic carbocycles. The fourth-order valence-corrected chi connectivity index (χ4v) is 4.78. The topological polar surface area (TPSA) is 47.4 Å². The second-order valence-electron chi connectivity index (χ2n) is 8.97. The molecule has 0 amide bonds. The molecule has 1 aliphatic rings. The fourth-order valence-electron chi connectivity index (χ4n) is 4.78. The quantitative estimate of drug-likeness (QED) is 0.247. The van der Waals surface area contributed by atoms with Gasteiger partial charge in [0, 0.05) is 12.1 Å². The van der Waals surface area contributed by atoms with Gasteiger partial charge < -0.3 is 9.64 Å². The second kappa shape index (κ2) is 10.1. The second-order valence-corrected chi connectivity index (χ2v) is 8.97. The van der Waals surface area contributed by atoms with Crippen molar-refractivity contribution in [2.24, 2.45) is 0 Å². The third-order valence-electron chi connectivity index (χ3n) is 6.57. The number of nitrogens with zero attached hydrogens (tertiary/aromatic N) is 3. The maximum atomic E-state index is 14.6. The molecule has 0 spiro atoms. The molecule has 5 nitrogen and oxygen atoms in total. The molecule has 0 radical (unpaired) electrons. The van der Waals surface area contributed by atoms with Gasteiger partial charge in [-0.1, -0.05) is 12.1 Å². The van der Waals surface area contributed by atoms with Crippen molar-refractivity contribution in [2.45, 2.75) is 26.2 Å². The van der Waals surface area contributed by atoms with E-state index in [9.17, 15) is 18.0 Å². The summed E-state index contributed by atoms with van der Waals surface area (Å²) in [5.74, 6) is -3.08. The van der Waals surface area contributed by atoms with Crippen LogP contribution in [0.1, 0.15) is 25.1 Å². The van der Waals surface area contributed by atoms with Gasteiger partial charge in [0.1, 0.15) is 11.6 Å². The van der Waals surface area contributed by atoms with Crippen LogP contribution in [0.5, 0.6) is 5.75 Å². The number of rotatable bonds is 7. The van der Waals surface area contributed by atoms with E-state index in [0.29, 0.717) is 29.4 Å². The normalized spacial score (nSPS) is 14.0. The van der Waals surface area contributed by atoms with Crippen LogP contribution < -0.4 is 10.3 Å². The first kappa shape index (κ1) is 24.1. The number of likely N-dealkylation sites (tertiary alicyclic amines) is 1. The van der Waals surface area contributed by atoms with Gasteiger partial charge >= 0.3 is 0 Å². The molecule has 8 heteroatoms. The Morgan fingerprint density at radius 3 is 2.42 bits per heavy atom. The van der Waals surface area contributed by atoms with Gasteiger partial charge in [0.25, 0.3) is 5.56 Å². The highest BCUT2D eigenvalue weighted by atomic mass is 19.2. The lowest BCUT2D eigenvalue weighted by atomic mass is 10.00. The SMILES string of the molecule is Cc1nc2cccc(-c3ccc(F)c(F)c3F)c2c(=O)n1-c1ccc(OCCCN2CCCC2)cc1. The smallest absolute Gasteiger partial charge is 0.266 e. The van der Waals surface area contributed by atoms with E-state index in [1.165, 1.54) is 23.5 Å².